The van der Waals surface area contributed by atoms with Gasteiger partial charge in [0.15, 0.2) is 23.4 Å². The van der Waals surface area contributed by atoms with E-state index in [-0.39, 0.29) is 47.8 Å². The van der Waals surface area contributed by atoms with Gasteiger partial charge >= 0.3 is 0 Å². The molecule has 0 aromatic heterocycles. The number of aromatic hydroxyl groups is 1. The Morgan fingerprint density at radius 1 is 1.02 bits per heavy atom. The summed E-state index contributed by atoms with van der Waals surface area (Å²) in [7, 11) is 2.10. The number of Topliss-reactive ketones (excluding diaryl/α,β-unsaturated/α-hetero) is 1. The molecule has 3 aliphatic carbocycles. The van der Waals surface area contributed by atoms with E-state index in [9.17, 15) is 19.8 Å². The van der Waals surface area contributed by atoms with Crippen LogP contribution in [0.1, 0.15) is 60.5 Å². The van der Waals surface area contributed by atoms with Crippen LogP contribution in [-0.2, 0) is 30.9 Å². The largest absolute Gasteiger partial charge is 0.504 e. The minimum atomic E-state index is -1.12. The Balaban J connectivity index is 0.712. The van der Waals surface area contributed by atoms with Gasteiger partial charge in [-0.2, -0.15) is 0 Å². The van der Waals surface area contributed by atoms with E-state index in [4.69, 9.17) is 18.9 Å². The highest BCUT2D eigenvalue weighted by Crippen LogP contribution is 2.65. The number of carbonyl (C=O) groups is 2. The number of nitrogens with zero attached hydrogens (tertiary/aromatic N) is 2. The molecule has 3 aromatic rings. The monoisotopic (exact) mass is 753 g/mol. The summed E-state index contributed by atoms with van der Waals surface area (Å²) in [6, 6.07) is 22.0. The van der Waals surface area contributed by atoms with E-state index in [1.165, 1.54) is 11.1 Å². The number of phenols is 1. The summed E-state index contributed by atoms with van der Waals surface area (Å²) in [6.07, 6.45) is 2.76. The van der Waals surface area contributed by atoms with Crippen LogP contribution in [0, 0.1) is 18.8 Å². The molecule has 3 unspecified atom stereocenters. The summed E-state index contributed by atoms with van der Waals surface area (Å²) in [4.78, 5) is 30.7. The summed E-state index contributed by atoms with van der Waals surface area (Å²) >= 11 is 0. The molecule has 1 spiro atoms. The average molecular weight is 754 g/mol. The lowest BCUT2D eigenvalue weighted by atomic mass is 9.49. The Kier molecular flexibility index (Phi) is 10.9. The fourth-order valence-electron chi connectivity index (χ4n) is 9.81. The SMILES string of the molecule is Cc1ccc(OC(CCN(C)CCOCCOCCNC(=O)[C@@H]2CC2CN2CC[C@]34c5c6ccc(O)c5OC3C(=O)CC[C@@]4(O)[C@H]2C6)c2ccccc2)cc1. The molecule has 2 bridgehead atoms. The van der Waals surface area contributed by atoms with Crippen LogP contribution in [0.5, 0.6) is 17.2 Å². The zero-order valence-corrected chi connectivity index (χ0v) is 32.1. The Hall–Kier alpha value is -4.00. The lowest BCUT2D eigenvalue weighted by Crippen LogP contribution is -2.76. The number of likely N-dealkylation sites (tertiary alicyclic amines) is 1. The van der Waals surface area contributed by atoms with Gasteiger partial charge in [-0.25, -0.2) is 0 Å². The lowest BCUT2D eigenvalue weighted by Gasteiger charge is -2.62. The number of hydrogen-bond acceptors (Lipinski definition) is 10. The first-order chi connectivity index (χ1) is 26.7. The zero-order chi connectivity index (χ0) is 38.2. The molecule has 55 heavy (non-hydrogen) atoms. The smallest absolute Gasteiger partial charge is 0.223 e. The van der Waals surface area contributed by atoms with E-state index in [2.05, 4.69) is 53.4 Å². The second-order valence-corrected chi connectivity index (χ2v) is 16.3. The van der Waals surface area contributed by atoms with Crippen molar-refractivity contribution < 1.29 is 38.7 Å². The predicted molar refractivity (Wildman–Crippen MR) is 206 cm³/mol. The summed E-state index contributed by atoms with van der Waals surface area (Å²) < 4.78 is 24.1. The third kappa shape index (κ3) is 7.37. The van der Waals surface area contributed by atoms with E-state index in [1.54, 1.807) is 6.07 Å². The Bertz CT molecular complexity index is 1840. The molecule has 3 fully saturated rings. The first-order valence-corrected chi connectivity index (χ1v) is 20.1. The van der Waals surface area contributed by atoms with Gasteiger partial charge in [-0.05, 0) is 81.4 Å². The van der Waals surface area contributed by atoms with Crippen LogP contribution in [0.15, 0.2) is 66.7 Å². The van der Waals surface area contributed by atoms with Gasteiger partial charge in [-0.15, -0.1) is 0 Å². The quantitative estimate of drug-likeness (QED) is 0.161. The van der Waals surface area contributed by atoms with Gasteiger partial charge in [0.1, 0.15) is 11.9 Å². The van der Waals surface area contributed by atoms with Crippen molar-refractivity contribution in [2.45, 2.75) is 74.7 Å². The topological polar surface area (TPSA) is 130 Å². The first-order valence-electron chi connectivity index (χ1n) is 20.1. The van der Waals surface area contributed by atoms with Gasteiger partial charge in [0, 0.05) is 56.5 Å². The van der Waals surface area contributed by atoms with Crippen molar-refractivity contribution in [3.8, 4) is 17.2 Å². The number of ketones is 1. The van der Waals surface area contributed by atoms with Crippen LogP contribution in [-0.4, -0.2) is 116 Å². The molecule has 11 nitrogen and oxygen atoms in total. The standard InChI is InChI=1S/C44H55N3O8/c1-29-8-11-33(12-9-29)54-37(30-6-4-3-5-7-30)15-19-46(2)21-23-53-25-24-52-22-18-45-42(50)34-26-32(34)28-47-20-17-43-39-31-10-13-35(48)40(39)55-41(43)36(49)14-16-44(43,51)38(47)27-31/h3-13,32,34,37-38,41,48,51H,14-28H2,1-2H3,(H,45,50)/t32?,34-,37?,38-,41?,43+,44-/m1/s1. The number of nitrogens with one attached hydrogen (secondary N) is 1. The molecule has 1 amide bonds. The van der Waals surface area contributed by atoms with Crippen LogP contribution in [0.4, 0.5) is 0 Å². The highest BCUT2D eigenvalue weighted by Gasteiger charge is 2.73. The number of rotatable bonds is 18. The number of aryl methyl sites for hydroxylation is 1. The second-order valence-electron chi connectivity index (χ2n) is 16.3. The molecule has 3 aromatic carbocycles. The van der Waals surface area contributed by atoms with Crippen LogP contribution < -0.4 is 14.8 Å². The molecule has 3 N–H and O–H groups in total. The van der Waals surface area contributed by atoms with Gasteiger partial charge in [0.05, 0.1) is 37.4 Å². The maximum absolute atomic E-state index is 13.1. The Morgan fingerprint density at radius 3 is 2.60 bits per heavy atom. The van der Waals surface area contributed by atoms with Gasteiger partial charge in [-0.3, -0.25) is 14.5 Å². The fourth-order valence-corrected chi connectivity index (χ4v) is 9.81. The van der Waals surface area contributed by atoms with E-state index in [0.717, 1.165) is 49.4 Å². The number of carbonyl (C=O) groups excluding carboxylic acids is 2. The number of ether oxygens (including phenoxy) is 4. The summed E-state index contributed by atoms with van der Waals surface area (Å²) in [5.41, 5.74) is 2.32. The Labute approximate surface area is 323 Å². The number of piperidine rings is 1. The van der Waals surface area contributed by atoms with Crippen LogP contribution in [0.2, 0.25) is 0 Å². The van der Waals surface area contributed by atoms with Crippen LogP contribution >= 0.6 is 0 Å². The minimum absolute atomic E-state index is 0.00346. The molecule has 8 rings (SSSR count). The number of phenolic OH excluding ortho intramolecular Hbond substituents is 1. The number of hydrogen-bond donors (Lipinski definition) is 3. The number of aliphatic hydroxyl groups is 1. The average Bonchev–Trinajstić information content (AvgIpc) is 3.86. The van der Waals surface area contributed by atoms with Gasteiger partial charge in [0.25, 0.3) is 0 Å². The van der Waals surface area contributed by atoms with Crippen LogP contribution in [0.3, 0.4) is 0 Å². The molecule has 11 heteroatoms. The lowest BCUT2D eigenvalue weighted by molar-refractivity contribution is -0.189. The van der Waals surface area contributed by atoms with E-state index in [0.29, 0.717) is 64.5 Å². The van der Waals surface area contributed by atoms with Crippen molar-refractivity contribution in [2.75, 3.05) is 66.2 Å². The molecule has 294 valence electrons. The predicted octanol–water partition coefficient (Wildman–Crippen LogP) is 4.35. The summed E-state index contributed by atoms with van der Waals surface area (Å²) in [5, 5.41) is 26.1. The van der Waals surface area contributed by atoms with Crippen molar-refractivity contribution in [1.29, 1.82) is 0 Å². The highest BCUT2D eigenvalue weighted by molar-refractivity contribution is 5.90. The highest BCUT2D eigenvalue weighted by atomic mass is 16.5. The van der Waals surface area contributed by atoms with E-state index in [1.807, 2.05) is 36.4 Å². The van der Waals surface area contributed by atoms with Crippen molar-refractivity contribution in [2.24, 2.45) is 11.8 Å². The van der Waals surface area contributed by atoms with Gasteiger partial charge in [-0.1, -0.05) is 54.1 Å². The maximum atomic E-state index is 13.1. The molecule has 5 aliphatic rings. The maximum Gasteiger partial charge on any atom is 0.223 e. The van der Waals surface area contributed by atoms with E-state index < -0.39 is 17.1 Å². The number of likely N-dealkylation sites (N-methyl/N-ethyl adjacent to an activating group) is 1. The summed E-state index contributed by atoms with van der Waals surface area (Å²) in [5.74, 6) is 1.54. The molecule has 0 radical (unpaired) electrons. The molecule has 1 saturated heterocycles. The van der Waals surface area contributed by atoms with Gasteiger partial charge < -0.3 is 39.4 Å². The van der Waals surface area contributed by atoms with Crippen molar-refractivity contribution in [3.63, 3.8) is 0 Å². The molecule has 7 atom stereocenters. The van der Waals surface area contributed by atoms with Crippen LogP contribution in [0.25, 0.3) is 0 Å². The second kappa shape index (κ2) is 15.9. The van der Waals surface area contributed by atoms with E-state index >= 15 is 0 Å². The zero-order valence-electron chi connectivity index (χ0n) is 32.1. The summed E-state index contributed by atoms with van der Waals surface area (Å²) in [6.45, 7) is 7.64. The third-order valence-corrected chi connectivity index (χ3v) is 12.9. The molecule has 2 aliphatic heterocycles. The molecule has 2 saturated carbocycles. The first kappa shape index (κ1) is 37.9. The van der Waals surface area contributed by atoms with Crippen molar-refractivity contribution >= 4 is 11.7 Å². The molecular weight excluding hydrogens is 698 g/mol. The van der Waals surface area contributed by atoms with Crippen molar-refractivity contribution in [1.82, 2.24) is 15.1 Å². The normalized spacial score (nSPS) is 28.0. The minimum Gasteiger partial charge on any atom is -0.504 e. The number of benzene rings is 3. The molecular formula is C44H55N3O8. The third-order valence-electron chi connectivity index (χ3n) is 12.9. The number of amides is 1. The fraction of sp³-hybridized carbons (Fsp3) is 0.545. The molecule has 2 heterocycles. The van der Waals surface area contributed by atoms with Crippen molar-refractivity contribution in [3.05, 3.63) is 89.0 Å². The Morgan fingerprint density at radius 2 is 1.80 bits per heavy atom. The van der Waals surface area contributed by atoms with Gasteiger partial charge in [0.2, 0.25) is 5.91 Å².